The largest absolute Gasteiger partial charge is 0.342 e. The van der Waals surface area contributed by atoms with E-state index in [9.17, 15) is 4.79 Å². The lowest BCUT2D eigenvalue weighted by Gasteiger charge is -2.19. The van der Waals surface area contributed by atoms with Crippen molar-refractivity contribution >= 4 is 5.91 Å². The number of hydrogen-bond donors (Lipinski definition) is 0. The molecule has 1 aliphatic heterocycles. The molecular formula is C9H15NO. The van der Waals surface area contributed by atoms with Crippen molar-refractivity contribution < 1.29 is 4.79 Å². The maximum absolute atomic E-state index is 11.4. The van der Waals surface area contributed by atoms with E-state index in [1.54, 1.807) is 0 Å². The number of piperidine rings is 1. The van der Waals surface area contributed by atoms with Gasteiger partial charge in [-0.15, -0.1) is 0 Å². The lowest BCUT2D eigenvalue weighted by molar-refractivity contribution is -0.133. The summed E-state index contributed by atoms with van der Waals surface area (Å²) in [6, 6.07) is 0. The number of fused-ring (bicyclic) bond motifs is 1. The zero-order chi connectivity index (χ0) is 8.01. The van der Waals surface area contributed by atoms with E-state index in [0.29, 0.717) is 5.91 Å². The highest BCUT2D eigenvalue weighted by molar-refractivity contribution is 5.78. The van der Waals surface area contributed by atoms with Crippen LogP contribution in [0.4, 0.5) is 0 Å². The zero-order valence-electron chi connectivity index (χ0n) is 7.21. The molecule has 62 valence electrons. The highest BCUT2D eigenvalue weighted by Gasteiger charge is 2.46. The van der Waals surface area contributed by atoms with Crippen LogP contribution in [0.3, 0.4) is 0 Å². The van der Waals surface area contributed by atoms with Crippen molar-refractivity contribution in [1.82, 2.24) is 4.90 Å². The zero-order valence-corrected chi connectivity index (χ0v) is 7.21. The van der Waals surface area contributed by atoms with Crippen LogP contribution in [0, 0.1) is 17.8 Å². The molecule has 2 fully saturated rings. The SMILES string of the molecule is CC(C)C(=O)N1C[C@H]2C[C@H]2C1. The molecule has 1 aliphatic carbocycles. The minimum absolute atomic E-state index is 0.187. The van der Waals surface area contributed by atoms with E-state index in [1.165, 1.54) is 6.42 Å². The second kappa shape index (κ2) is 2.23. The van der Waals surface area contributed by atoms with Crippen LogP contribution in [0.5, 0.6) is 0 Å². The Bertz CT molecular complexity index is 178. The van der Waals surface area contributed by atoms with Crippen molar-refractivity contribution in [2.75, 3.05) is 13.1 Å². The summed E-state index contributed by atoms with van der Waals surface area (Å²) < 4.78 is 0. The second-order valence-corrected chi connectivity index (χ2v) is 4.15. The van der Waals surface area contributed by atoms with Gasteiger partial charge in [-0.3, -0.25) is 4.79 Å². The molecule has 2 rings (SSSR count). The van der Waals surface area contributed by atoms with Crippen LogP contribution in [0.1, 0.15) is 20.3 Å². The monoisotopic (exact) mass is 153 g/mol. The third-order valence-electron chi connectivity index (χ3n) is 2.78. The van der Waals surface area contributed by atoms with Crippen molar-refractivity contribution in [2.24, 2.45) is 17.8 Å². The molecular weight excluding hydrogens is 138 g/mol. The average molecular weight is 153 g/mol. The summed E-state index contributed by atoms with van der Waals surface area (Å²) in [6.45, 7) is 6.04. The van der Waals surface area contributed by atoms with Crippen LogP contribution < -0.4 is 0 Å². The van der Waals surface area contributed by atoms with Crippen LogP contribution in [-0.4, -0.2) is 23.9 Å². The molecule has 1 saturated carbocycles. The molecule has 2 nitrogen and oxygen atoms in total. The van der Waals surface area contributed by atoms with Crippen molar-refractivity contribution in [3.8, 4) is 0 Å². The molecule has 1 saturated heterocycles. The number of nitrogens with zero attached hydrogens (tertiary/aromatic N) is 1. The summed E-state index contributed by atoms with van der Waals surface area (Å²) in [4.78, 5) is 13.5. The Hall–Kier alpha value is -0.530. The van der Waals surface area contributed by atoms with Gasteiger partial charge >= 0.3 is 0 Å². The van der Waals surface area contributed by atoms with Crippen LogP contribution in [0.15, 0.2) is 0 Å². The van der Waals surface area contributed by atoms with Crippen molar-refractivity contribution in [3.05, 3.63) is 0 Å². The molecule has 0 N–H and O–H groups in total. The Labute approximate surface area is 67.6 Å². The van der Waals surface area contributed by atoms with E-state index in [0.717, 1.165) is 24.9 Å². The summed E-state index contributed by atoms with van der Waals surface area (Å²) in [5.41, 5.74) is 0. The first-order chi connectivity index (χ1) is 5.18. The van der Waals surface area contributed by atoms with Crippen molar-refractivity contribution in [2.45, 2.75) is 20.3 Å². The second-order valence-electron chi connectivity index (χ2n) is 4.15. The molecule has 2 aliphatic rings. The van der Waals surface area contributed by atoms with Crippen LogP contribution in [-0.2, 0) is 4.79 Å². The molecule has 0 aromatic carbocycles. The van der Waals surface area contributed by atoms with Gasteiger partial charge in [0.1, 0.15) is 0 Å². The number of amides is 1. The molecule has 2 heteroatoms. The van der Waals surface area contributed by atoms with E-state index in [-0.39, 0.29) is 5.92 Å². The Morgan fingerprint density at radius 2 is 1.91 bits per heavy atom. The predicted octanol–water partition coefficient (Wildman–Crippen LogP) is 1.12. The summed E-state index contributed by atoms with van der Waals surface area (Å²) in [5.74, 6) is 2.28. The third kappa shape index (κ3) is 1.15. The van der Waals surface area contributed by atoms with Gasteiger partial charge in [-0.1, -0.05) is 13.8 Å². The fourth-order valence-corrected chi connectivity index (χ4v) is 1.94. The Kier molecular flexibility index (Phi) is 1.44. The molecule has 0 unspecified atom stereocenters. The van der Waals surface area contributed by atoms with Gasteiger partial charge in [-0.25, -0.2) is 0 Å². The van der Waals surface area contributed by atoms with Crippen LogP contribution in [0.2, 0.25) is 0 Å². The van der Waals surface area contributed by atoms with Gasteiger partial charge in [-0.2, -0.15) is 0 Å². The van der Waals surface area contributed by atoms with E-state index < -0.39 is 0 Å². The summed E-state index contributed by atoms with van der Waals surface area (Å²) >= 11 is 0. The van der Waals surface area contributed by atoms with Gasteiger partial charge in [0.15, 0.2) is 0 Å². The van der Waals surface area contributed by atoms with Crippen molar-refractivity contribution in [3.63, 3.8) is 0 Å². The molecule has 1 heterocycles. The fraction of sp³-hybridized carbons (Fsp3) is 0.889. The minimum atomic E-state index is 0.187. The third-order valence-corrected chi connectivity index (χ3v) is 2.78. The summed E-state index contributed by atoms with van der Waals surface area (Å²) in [6.07, 6.45) is 1.38. The van der Waals surface area contributed by atoms with E-state index in [4.69, 9.17) is 0 Å². The number of carbonyl (C=O) groups is 1. The fourth-order valence-electron chi connectivity index (χ4n) is 1.94. The summed E-state index contributed by atoms with van der Waals surface area (Å²) in [7, 11) is 0. The lowest BCUT2D eigenvalue weighted by Crippen LogP contribution is -2.33. The smallest absolute Gasteiger partial charge is 0.225 e. The first-order valence-corrected chi connectivity index (χ1v) is 4.47. The maximum atomic E-state index is 11.4. The summed E-state index contributed by atoms with van der Waals surface area (Å²) in [5, 5.41) is 0. The highest BCUT2D eigenvalue weighted by Crippen LogP contribution is 2.45. The molecule has 1 amide bonds. The van der Waals surface area contributed by atoms with E-state index >= 15 is 0 Å². The van der Waals surface area contributed by atoms with Gasteiger partial charge in [0, 0.05) is 19.0 Å². The van der Waals surface area contributed by atoms with Gasteiger partial charge in [0.2, 0.25) is 5.91 Å². The quantitative estimate of drug-likeness (QED) is 0.553. The normalized spacial score (nSPS) is 34.3. The topological polar surface area (TPSA) is 20.3 Å². The van der Waals surface area contributed by atoms with Gasteiger partial charge in [-0.05, 0) is 18.3 Å². The Morgan fingerprint density at radius 3 is 2.36 bits per heavy atom. The molecule has 11 heavy (non-hydrogen) atoms. The van der Waals surface area contributed by atoms with Gasteiger partial charge in [0.25, 0.3) is 0 Å². The van der Waals surface area contributed by atoms with Gasteiger partial charge < -0.3 is 4.90 Å². The number of rotatable bonds is 1. The van der Waals surface area contributed by atoms with Crippen molar-refractivity contribution in [1.29, 1.82) is 0 Å². The molecule has 0 aromatic rings. The number of likely N-dealkylation sites (tertiary alicyclic amines) is 1. The first kappa shape index (κ1) is 7.14. The lowest BCUT2D eigenvalue weighted by atomic mass is 10.2. The maximum Gasteiger partial charge on any atom is 0.225 e. The average Bonchev–Trinajstić information content (AvgIpc) is 2.57. The Balaban J connectivity index is 1.92. The molecule has 0 bridgehead atoms. The first-order valence-electron chi connectivity index (χ1n) is 4.47. The number of carbonyl (C=O) groups excluding carboxylic acids is 1. The molecule has 2 atom stereocenters. The molecule has 0 spiro atoms. The highest BCUT2D eigenvalue weighted by atomic mass is 16.2. The van der Waals surface area contributed by atoms with Gasteiger partial charge in [0.05, 0.1) is 0 Å². The molecule has 0 aromatic heterocycles. The van der Waals surface area contributed by atoms with E-state index in [1.807, 2.05) is 18.7 Å². The standard InChI is InChI=1S/C9H15NO/c1-6(2)9(11)10-4-7-3-8(7)5-10/h6-8H,3-5H2,1-2H3/t7-,8+. The number of hydrogen-bond acceptors (Lipinski definition) is 1. The molecule has 0 radical (unpaired) electrons. The Morgan fingerprint density at radius 1 is 1.36 bits per heavy atom. The van der Waals surface area contributed by atoms with E-state index in [2.05, 4.69) is 0 Å². The van der Waals surface area contributed by atoms with Crippen LogP contribution in [0.25, 0.3) is 0 Å². The predicted molar refractivity (Wildman–Crippen MR) is 43.0 cm³/mol. The van der Waals surface area contributed by atoms with Crippen LogP contribution >= 0.6 is 0 Å². The minimum Gasteiger partial charge on any atom is -0.342 e.